The fourth-order valence-electron chi connectivity index (χ4n) is 1.58. The molecule has 0 fully saturated rings. The van der Waals surface area contributed by atoms with Crippen molar-refractivity contribution < 1.29 is 26.7 Å². The molecule has 2 rings (SSSR count). The minimum absolute atomic E-state index is 0.0244. The van der Waals surface area contributed by atoms with Crippen molar-refractivity contribution >= 4 is 23.4 Å². The number of alkyl halides is 3. The lowest BCUT2D eigenvalue weighted by Gasteiger charge is -2.12. The van der Waals surface area contributed by atoms with Gasteiger partial charge in [-0.2, -0.15) is 13.2 Å². The average molecular weight is 363 g/mol. The number of rotatable bonds is 4. The van der Waals surface area contributed by atoms with Gasteiger partial charge in [0.15, 0.2) is 16.8 Å². The molecule has 0 aliphatic rings. The molecule has 1 amide bonds. The van der Waals surface area contributed by atoms with Gasteiger partial charge >= 0.3 is 6.18 Å². The Morgan fingerprint density at radius 2 is 1.92 bits per heavy atom. The standard InChI is InChI=1S/C14H10F5N3OS/c1-7(12(23)21-8-2-3-9(15)10(16)6-8)24-13-20-5-4-11(22-13)14(17,18)19/h2-7H,1H3,(H,21,23). The highest BCUT2D eigenvalue weighted by atomic mass is 32.2. The molecule has 4 nitrogen and oxygen atoms in total. The highest BCUT2D eigenvalue weighted by molar-refractivity contribution is 8.00. The summed E-state index contributed by atoms with van der Waals surface area (Å²) in [5, 5.41) is 1.25. The molecule has 1 heterocycles. The number of nitrogens with one attached hydrogen (secondary N) is 1. The normalized spacial score (nSPS) is 12.8. The lowest BCUT2D eigenvalue weighted by Crippen LogP contribution is -2.23. The van der Waals surface area contributed by atoms with Gasteiger partial charge in [0, 0.05) is 18.0 Å². The van der Waals surface area contributed by atoms with Crippen LogP contribution in [0.5, 0.6) is 0 Å². The summed E-state index contributed by atoms with van der Waals surface area (Å²) in [6, 6.07) is 3.52. The van der Waals surface area contributed by atoms with E-state index < -0.39 is 34.7 Å². The summed E-state index contributed by atoms with van der Waals surface area (Å²) in [6.07, 6.45) is -3.67. The molecule has 0 spiro atoms. The molecule has 1 atom stereocenters. The molecule has 0 radical (unpaired) electrons. The second-order valence-electron chi connectivity index (χ2n) is 4.60. The Bertz CT molecular complexity index is 753. The van der Waals surface area contributed by atoms with Crippen LogP contribution < -0.4 is 5.32 Å². The van der Waals surface area contributed by atoms with Gasteiger partial charge in [0.25, 0.3) is 0 Å². The molecule has 10 heteroatoms. The summed E-state index contributed by atoms with van der Waals surface area (Å²) in [4.78, 5) is 19.0. The van der Waals surface area contributed by atoms with Crippen LogP contribution in [0, 0.1) is 11.6 Å². The lowest BCUT2D eigenvalue weighted by molar-refractivity contribution is -0.141. The van der Waals surface area contributed by atoms with Gasteiger partial charge in [-0.1, -0.05) is 11.8 Å². The fourth-order valence-corrected chi connectivity index (χ4v) is 2.34. The number of hydrogen-bond acceptors (Lipinski definition) is 4. The van der Waals surface area contributed by atoms with Crippen molar-refractivity contribution in [2.24, 2.45) is 0 Å². The second-order valence-corrected chi connectivity index (χ2v) is 5.91. The Labute approximate surface area is 137 Å². The van der Waals surface area contributed by atoms with E-state index in [9.17, 15) is 26.7 Å². The molecule has 24 heavy (non-hydrogen) atoms. The molecule has 1 aromatic carbocycles. The van der Waals surface area contributed by atoms with E-state index in [1.54, 1.807) is 0 Å². The first-order valence-electron chi connectivity index (χ1n) is 6.49. The fraction of sp³-hybridized carbons (Fsp3) is 0.214. The van der Waals surface area contributed by atoms with E-state index in [1.165, 1.54) is 6.92 Å². The molecule has 0 aliphatic carbocycles. The van der Waals surface area contributed by atoms with E-state index in [-0.39, 0.29) is 10.8 Å². The Morgan fingerprint density at radius 3 is 2.54 bits per heavy atom. The van der Waals surface area contributed by atoms with Gasteiger partial charge in [-0.3, -0.25) is 4.79 Å². The van der Waals surface area contributed by atoms with E-state index in [0.717, 1.165) is 30.5 Å². The molecule has 1 unspecified atom stereocenters. The van der Waals surface area contributed by atoms with Crippen LogP contribution in [-0.2, 0) is 11.0 Å². The average Bonchev–Trinajstić information content (AvgIpc) is 2.50. The number of carbonyl (C=O) groups excluding carboxylic acids is 1. The first-order chi connectivity index (χ1) is 11.2. The molecule has 0 aliphatic heterocycles. The van der Waals surface area contributed by atoms with Gasteiger partial charge in [0.05, 0.1) is 5.25 Å². The number of anilines is 1. The number of carbonyl (C=O) groups is 1. The van der Waals surface area contributed by atoms with Crippen molar-refractivity contribution in [2.45, 2.75) is 23.5 Å². The highest BCUT2D eigenvalue weighted by Gasteiger charge is 2.33. The van der Waals surface area contributed by atoms with Crippen LogP contribution in [0.1, 0.15) is 12.6 Å². The smallest absolute Gasteiger partial charge is 0.325 e. The van der Waals surface area contributed by atoms with E-state index >= 15 is 0 Å². The first kappa shape index (κ1) is 18.1. The zero-order valence-electron chi connectivity index (χ0n) is 12.1. The van der Waals surface area contributed by atoms with Crippen molar-refractivity contribution in [1.82, 2.24) is 9.97 Å². The predicted molar refractivity (Wildman–Crippen MR) is 77.3 cm³/mol. The van der Waals surface area contributed by atoms with E-state index in [1.807, 2.05) is 0 Å². The predicted octanol–water partition coefficient (Wildman–Crippen LogP) is 3.89. The molecule has 0 saturated carbocycles. The van der Waals surface area contributed by atoms with Crippen LogP contribution in [0.2, 0.25) is 0 Å². The van der Waals surface area contributed by atoms with E-state index in [0.29, 0.717) is 11.8 Å². The third-order valence-electron chi connectivity index (χ3n) is 2.76. The zero-order chi connectivity index (χ0) is 17.9. The van der Waals surface area contributed by atoms with Crippen molar-refractivity contribution in [2.75, 3.05) is 5.32 Å². The number of hydrogen-bond donors (Lipinski definition) is 1. The van der Waals surface area contributed by atoms with Crippen LogP contribution in [0.25, 0.3) is 0 Å². The van der Waals surface area contributed by atoms with Crippen LogP contribution in [0.3, 0.4) is 0 Å². The first-order valence-corrected chi connectivity index (χ1v) is 7.37. The van der Waals surface area contributed by atoms with Crippen molar-refractivity contribution in [3.05, 3.63) is 47.8 Å². The van der Waals surface area contributed by atoms with Gasteiger partial charge in [-0.05, 0) is 25.1 Å². The molecule has 0 saturated heterocycles. The van der Waals surface area contributed by atoms with Crippen LogP contribution >= 0.6 is 11.8 Å². The molecule has 1 N–H and O–H groups in total. The third-order valence-corrected chi connectivity index (χ3v) is 3.74. The number of thioether (sulfide) groups is 1. The topological polar surface area (TPSA) is 54.9 Å². The molecule has 128 valence electrons. The minimum atomic E-state index is -4.62. The van der Waals surface area contributed by atoms with Crippen molar-refractivity contribution in [3.63, 3.8) is 0 Å². The summed E-state index contributed by atoms with van der Waals surface area (Å²) < 4.78 is 63.6. The lowest BCUT2D eigenvalue weighted by atomic mass is 10.3. The number of nitrogens with zero attached hydrogens (tertiary/aromatic N) is 2. The molecule has 0 bridgehead atoms. The second kappa shape index (κ2) is 7.12. The zero-order valence-corrected chi connectivity index (χ0v) is 12.9. The molecule has 1 aromatic heterocycles. The van der Waals surface area contributed by atoms with Gasteiger partial charge in [0.1, 0.15) is 5.69 Å². The number of benzene rings is 1. The summed E-state index contributed by atoms with van der Waals surface area (Å²) in [6.45, 7) is 1.42. The maximum absolute atomic E-state index is 13.1. The van der Waals surface area contributed by atoms with Crippen molar-refractivity contribution in [3.8, 4) is 0 Å². The van der Waals surface area contributed by atoms with Gasteiger partial charge < -0.3 is 5.32 Å². The summed E-state index contributed by atoms with van der Waals surface area (Å²) in [5.74, 6) is -2.81. The Hall–Kier alpha value is -2.23. The highest BCUT2D eigenvalue weighted by Crippen LogP contribution is 2.29. The van der Waals surface area contributed by atoms with Crippen LogP contribution in [0.4, 0.5) is 27.6 Å². The van der Waals surface area contributed by atoms with Crippen LogP contribution in [-0.4, -0.2) is 21.1 Å². The Kier molecular flexibility index (Phi) is 5.37. The molecule has 2 aromatic rings. The van der Waals surface area contributed by atoms with Gasteiger partial charge in [0.2, 0.25) is 5.91 Å². The Morgan fingerprint density at radius 1 is 1.21 bits per heavy atom. The van der Waals surface area contributed by atoms with Gasteiger partial charge in [-0.25, -0.2) is 18.7 Å². The van der Waals surface area contributed by atoms with E-state index in [4.69, 9.17) is 0 Å². The molecular weight excluding hydrogens is 353 g/mol. The summed E-state index contributed by atoms with van der Waals surface area (Å²) in [5.41, 5.74) is -1.09. The van der Waals surface area contributed by atoms with Crippen LogP contribution in [0.15, 0.2) is 35.6 Å². The minimum Gasteiger partial charge on any atom is -0.325 e. The van der Waals surface area contributed by atoms with Crippen molar-refractivity contribution in [1.29, 1.82) is 0 Å². The van der Waals surface area contributed by atoms with Gasteiger partial charge in [-0.15, -0.1) is 0 Å². The monoisotopic (exact) mass is 363 g/mol. The summed E-state index contributed by atoms with van der Waals surface area (Å²) in [7, 11) is 0. The largest absolute Gasteiger partial charge is 0.433 e. The summed E-state index contributed by atoms with van der Waals surface area (Å²) >= 11 is 0.706. The maximum atomic E-state index is 13.1. The SMILES string of the molecule is CC(Sc1nccc(C(F)(F)F)n1)C(=O)Nc1ccc(F)c(F)c1. The van der Waals surface area contributed by atoms with E-state index in [2.05, 4.69) is 15.3 Å². The Balaban J connectivity index is 2.05. The molecular formula is C14H10F5N3OS. The number of aromatic nitrogens is 2. The maximum Gasteiger partial charge on any atom is 0.433 e. The number of amides is 1. The quantitative estimate of drug-likeness (QED) is 0.509. The number of halogens is 5. The third kappa shape index (κ3) is 4.63.